The molecule has 0 fully saturated rings. The van der Waals surface area contributed by atoms with Crippen LogP contribution in [-0.2, 0) is 0 Å². The fourth-order valence-electron chi connectivity index (χ4n) is 6.84. The summed E-state index contributed by atoms with van der Waals surface area (Å²) in [6.07, 6.45) is 5.96. The van der Waals surface area contributed by atoms with Gasteiger partial charge in [-0.05, 0) is 87.1 Å². The molecule has 0 amide bonds. The number of allylic oxidation sites excluding steroid dienone is 1. The summed E-state index contributed by atoms with van der Waals surface area (Å²) in [6.45, 7) is 3.85. The number of rotatable bonds is 5. The number of aromatic nitrogens is 2. The molecule has 5 nitrogen and oxygen atoms in total. The van der Waals surface area contributed by atoms with E-state index in [-0.39, 0.29) is 0 Å². The van der Waals surface area contributed by atoms with E-state index in [1.165, 1.54) is 49.2 Å². The van der Waals surface area contributed by atoms with Crippen molar-refractivity contribution in [3.8, 4) is 16.8 Å². The normalized spacial score (nSPS) is 14.1. The number of aliphatic imine (C=N–C) groups is 2. The first kappa shape index (κ1) is 26.1. The molecular formula is C39H31N5. The zero-order valence-electron chi connectivity index (χ0n) is 24.8. The maximum atomic E-state index is 4.82. The highest BCUT2D eigenvalue weighted by molar-refractivity contribution is 6.30. The zero-order valence-corrected chi connectivity index (χ0v) is 24.8. The van der Waals surface area contributed by atoms with Crippen molar-refractivity contribution in [1.82, 2.24) is 14.5 Å². The Morgan fingerprint density at radius 3 is 2.16 bits per heavy atom. The molecule has 0 bridgehead atoms. The van der Waals surface area contributed by atoms with Crippen molar-refractivity contribution in [3.05, 3.63) is 127 Å². The molecule has 1 aliphatic rings. The molecule has 5 aromatic carbocycles. The molecule has 1 aliphatic heterocycles. The molecule has 2 aromatic heterocycles. The molecule has 0 atom stereocenters. The van der Waals surface area contributed by atoms with Gasteiger partial charge in [0.25, 0.3) is 0 Å². The van der Waals surface area contributed by atoms with Gasteiger partial charge >= 0.3 is 0 Å². The van der Waals surface area contributed by atoms with E-state index in [0.717, 1.165) is 41.2 Å². The molecule has 0 saturated carbocycles. The molecule has 0 radical (unpaired) electrons. The summed E-state index contributed by atoms with van der Waals surface area (Å²) in [7, 11) is 1.79. The van der Waals surface area contributed by atoms with Crippen molar-refractivity contribution in [3.63, 3.8) is 0 Å². The highest BCUT2D eigenvalue weighted by Crippen LogP contribution is 2.43. The fourth-order valence-corrected chi connectivity index (χ4v) is 6.84. The van der Waals surface area contributed by atoms with Crippen molar-refractivity contribution in [2.24, 2.45) is 9.98 Å². The number of benzene rings is 5. The standard InChI is InChI=1S/C39H31N5/c1-26(25-43-22-21-41-36(43)24-40-2)37-29-13-6-8-15-31(29)38(32-16-9-7-14-30(32)37)27-18-19-35-34(23-27)33-17-10-20-42-39(33)44(35)28-11-4-3-5-12-28/h3-20,23-25H,21-22H2,1-2H3/b26-25+,40-24+. The van der Waals surface area contributed by atoms with E-state index in [0.29, 0.717) is 0 Å². The highest BCUT2D eigenvalue weighted by atomic mass is 15.2. The molecule has 0 spiro atoms. The average Bonchev–Trinajstić information content (AvgIpc) is 3.65. The lowest BCUT2D eigenvalue weighted by Gasteiger charge is -2.20. The Bertz CT molecular complexity index is 2250. The molecule has 0 aliphatic carbocycles. The summed E-state index contributed by atoms with van der Waals surface area (Å²) < 4.78 is 2.26. The molecular weight excluding hydrogens is 538 g/mol. The first-order chi connectivity index (χ1) is 21.7. The van der Waals surface area contributed by atoms with Crippen molar-refractivity contribution >= 4 is 61.1 Å². The number of hydrogen-bond donors (Lipinski definition) is 0. The van der Waals surface area contributed by atoms with E-state index in [2.05, 4.69) is 136 Å². The van der Waals surface area contributed by atoms with Gasteiger partial charge in [0.05, 0.1) is 18.3 Å². The third kappa shape index (κ3) is 4.12. The first-order valence-corrected chi connectivity index (χ1v) is 15.0. The van der Waals surface area contributed by atoms with Gasteiger partial charge < -0.3 is 4.90 Å². The largest absolute Gasteiger partial charge is 0.330 e. The van der Waals surface area contributed by atoms with Crippen LogP contribution in [0.3, 0.4) is 0 Å². The van der Waals surface area contributed by atoms with Gasteiger partial charge in [-0.25, -0.2) is 4.98 Å². The van der Waals surface area contributed by atoms with E-state index in [1.807, 2.05) is 18.5 Å². The highest BCUT2D eigenvalue weighted by Gasteiger charge is 2.20. The minimum Gasteiger partial charge on any atom is -0.330 e. The Morgan fingerprint density at radius 2 is 1.43 bits per heavy atom. The molecule has 212 valence electrons. The van der Waals surface area contributed by atoms with Crippen LogP contribution in [0.4, 0.5) is 0 Å². The lowest BCUT2D eigenvalue weighted by atomic mass is 9.86. The molecule has 0 N–H and O–H groups in total. The van der Waals surface area contributed by atoms with E-state index in [9.17, 15) is 0 Å². The van der Waals surface area contributed by atoms with Gasteiger partial charge in [0, 0.05) is 42.4 Å². The Labute approximate surface area is 256 Å². The molecule has 7 aromatic rings. The smallest absolute Gasteiger partial charge is 0.145 e. The molecule has 5 heteroatoms. The second kappa shape index (κ2) is 10.6. The summed E-state index contributed by atoms with van der Waals surface area (Å²) in [5.41, 5.74) is 8.13. The summed E-state index contributed by atoms with van der Waals surface area (Å²) in [5.74, 6) is 0.912. The SMILES string of the molecule is C/N=C/C1=NCCN1/C=C(\C)c1c2ccccc2c(-c2ccc3c(c2)c2cccnc2n3-c2ccccc2)c2ccccc12. The third-order valence-corrected chi connectivity index (χ3v) is 8.66. The van der Waals surface area contributed by atoms with Crippen molar-refractivity contribution in [2.75, 3.05) is 20.1 Å². The van der Waals surface area contributed by atoms with Crippen molar-refractivity contribution in [2.45, 2.75) is 6.92 Å². The van der Waals surface area contributed by atoms with Gasteiger partial charge in [0.1, 0.15) is 11.5 Å². The van der Waals surface area contributed by atoms with E-state index < -0.39 is 0 Å². The lowest BCUT2D eigenvalue weighted by Crippen LogP contribution is -2.23. The Hall–Kier alpha value is -5.55. The van der Waals surface area contributed by atoms with Crippen LogP contribution >= 0.6 is 0 Å². The number of nitrogens with zero attached hydrogens (tertiary/aromatic N) is 5. The Balaban J connectivity index is 1.39. The minimum atomic E-state index is 0.782. The van der Waals surface area contributed by atoms with Gasteiger partial charge in [0.2, 0.25) is 0 Å². The van der Waals surface area contributed by atoms with Crippen molar-refractivity contribution < 1.29 is 0 Å². The third-order valence-electron chi connectivity index (χ3n) is 8.66. The Kier molecular flexibility index (Phi) is 6.30. The quantitative estimate of drug-likeness (QED) is 0.153. The molecule has 0 saturated heterocycles. The van der Waals surface area contributed by atoms with Crippen molar-refractivity contribution in [1.29, 1.82) is 0 Å². The predicted molar refractivity (Wildman–Crippen MR) is 186 cm³/mol. The fraction of sp³-hybridized carbons (Fsp3) is 0.103. The van der Waals surface area contributed by atoms with Crippen LogP contribution in [0.5, 0.6) is 0 Å². The van der Waals surface area contributed by atoms with Gasteiger partial charge in [-0.3, -0.25) is 14.6 Å². The molecule has 44 heavy (non-hydrogen) atoms. The number of hydrogen-bond acceptors (Lipinski definition) is 4. The number of amidine groups is 1. The predicted octanol–water partition coefficient (Wildman–Crippen LogP) is 8.93. The monoisotopic (exact) mass is 569 g/mol. The van der Waals surface area contributed by atoms with Gasteiger partial charge in [-0.1, -0.05) is 72.8 Å². The lowest BCUT2D eigenvalue weighted by molar-refractivity contribution is 0.619. The maximum absolute atomic E-state index is 4.82. The molecule has 0 unspecified atom stereocenters. The van der Waals surface area contributed by atoms with E-state index in [1.54, 1.807) is 7.05 Å². The summed E-state index contributed by atoms with van der Waals surface area (Å²) in [6, 6.07) is 39.2. The van der Waals surface area contributed by atoms with Crippen LogP contribution < -0.4 is 0 Å². The minimum absolute atomic E-state index is 0.782. The summed E-state index contributed by atoms with van der Waals surface area (Å²) in [4.78, 5) is 15.9. The number of fused-ring (bicyclic) bond motifs is 5. The van der Waals surface area contributed by atoms with Crippen LogP contribution in [0.1, 0.15) is 12.5 Å². The maximum Gasteiger partial charge on any atom is 0.145 e. The average molecular weight is 570 g/mol. The van der Waals surface area contributed by atoms with Crippen LogP contribution in [0, 0.1) is 0 Å². The van der Waals surface area contributed by atoms with E-state index >= 15 is 0 Å². The van der Waals surface area contributed by atoms with E-state index in [4.69, 9.17) is 4.98 Å². The topological polar surface area (TPSA) is 45.8 Å². The van der Waals surface area contributed by atoms with Crippen LogP contribution in [0.2, 0.25) is 0 Å². The first-order valence-electron chi connectivity index (χ1n) is 15.0. The molecule has 8 rings (SSSR count). The number of para-hydroxylation sites is 1. The van der Waals surface area contributed by atoms with Gasteiger partial charge in [0.15, 0.2) is 0 Å². The second-order valence-corrected chi connectivity index (χ2v) is 11.3. The van der Waals surface area contributed by atoms with Gasteiger partial charge in [-0.2, -0.15) is 0 Å². The van der Waals surface area contributed by atoms with Gasteiger partial charge in [-0.15, -0.1) is 0 Å². The van der Waals surface area contributed by atoms with Crippen LogP contribution in [0.15, 0.2) is 132 Å². The van der Waals surface area contributed by atoms with Crippen LogP contribution in [0.25, 0.3) is 65.9 Å². The second-order valence-electron chi connectivity index (χ2n) is 11.3. The Morgan fingerprint density at radius 1 is 0.750 bits per heavy atom. The van der Waals surface area contributed by atoms with Crippen LogP contribution in [-0.4, -0.2) is 46.6 Å². The molecule has 3 heterocycles. The zero-order chi connectivity index (χ0) is 29.6. The summed E-state index contributed by atoms with van der Waals surface area (Å²) in [5, 5.41) is 7.31. The number of pyridine rings is 1. The summed E-state index contributed by atoms with van der Waals surface area (Å²) >= 11 is 0.